The maximum Gasteiger partial charge on any atom is 0.328 e. The highest BCUT2D eigenvalue weighted by molar-refractivity contribution is 5.79. The van der Waals surface area contributed by atoms with Gasteiger partial charge >= 0.3 is 5.97 Å². The van der Waals surface area contributed by atoms with E-state index in [0.717, 1.165) is 26.2 Å². The Kier molecular flexibility index (Phi) is 4.12. The Labute approximate surface area is 101 Å². The molecule has 1 N–H and O–H groups in total. The number of aliphatic carboxylic acids is 1. The fraction of sp³-hybridized carbons (Fsp3) is 0.750. The van der Waals surface area contributed by atoms with Gasteiger partial charge in [-0.1, -0.05) is 6.08 Å². The lowest BCUT2D eigenvalue weighted by molar-refractivity contribution is -0.131. The molecule has 0 aromatic rings. The van der Waals surface area contributed by atoms with Crippen LogP contribution >= 0.6 is 0 Å². The highest BCUT2D eigenvalue weighted by Gasteiger charge is 2.33. The van der Waals surface area contributed by atoms with E-state index in [2.05, 4.69) is 9.80 Å². The lowest BCUT2D eigenvalue weighted by Gasteiger charge is -2.46. The standard InChI is InChI=1S/C12H19FN2O2/c13-10-3-6-15(7-4-10)11-8-14(9-11)5-1-2-12(16)17/h1-2,10-11H,3-9H2,(H,16,17)/b2-1+. The summed E-state index contributed by atoms with van der Waals surface area (Å²) in [6.45, 7) is 4.37. The van der Waals surface area contributed by atoms with Crippen molar-refractivity contribution in [3.8, 4) is 0 Å². The van der Waals surface area contributed by atoms with E-state index in [4.69, 9.17) is 5.11 Å². The molecule has 0 atom stereocenters. The molecule has 0 saturated carbocycles. The van der Waals surface area contributed by atoms with Crippen LogP contribution in [-0.4, -0.2) is 65.8 Å². The number of hydrogen-bond donors (Lipinski definition) is 1. The molecule has 0 aromatic carbocycles. The van der Waals surface area contributed by atoms with Crippen molar-refractivity contribution >= 4 is 5.97 Å². The fourth-order valence-corrected chi connectivity index (χ4v) is 2.46. The summed E-state index contributed by atoms with van der Waals surface area (Å²) in [7, 11) is 0. The number of likely N-dealkylation sites (tertiary alicyclic amines) is 2. The number of nitrogens with zero attached hydrogens (tertiary/aromatic N) is 2. The second kappa shape index (κ2) is 5.60. The Morgan fingerprint density at radius 3 is 2.59 bits per heavy atom. The predicted octanol–water partition coefficient (Wildman–Crippen LogP) is 0.745. The predicted molar refractivity (Wildman–Crippen MR) is 62.7 cm³/mol. The molecular formula is C12H19FN2O2. The van der Waals surface area contributed by atoms with Crippen LogP contribution in [-0.2, 0) is 4.79 Å². The van der Waals surface area contributed by atoms with Gasteiger partial charge in [0.2, 0.25) is 0 Å². The number of alkyl halides is 1. The molecule has 0 bridgehead atoms. The van der Waals surface area contributed by atoms with Gasteiger partial charge < -0.3 is 5.11 Å². The highest BCUT2D eigenvalue weighted by atomic mass is 19.1. The van der Waals surface area contributed by atoms with E-state index >= 15 is 0 Å². The quantitative estimate of drug-likeness (QED) is 0.739. The molecular weight excluding hydrogens is 223 g/mol. The minimum atomic E-state index is -0.896. The summed E-state index contributed by atoms with van der Waals surface area (Å²) in [5.74, 6) is -0.896. The minimum Gasteiger partial charge on any atom is -0.478 e. The van der Waals surface area contributed by atoms with Crippen LogP contribution in [0.2, 0.25) is 0 Å². The molecule has 2 saturated heterocycles. The maximum atomic E-state index is 13.0. The van der Waals surface area contributed by atoms with Crippen molar-refractivity contribution in [2.75, 3.05) is 32.7 Å². The summed E-state index contributed by atoms with van der Waals surface area (Å²) in [6, 6.07) is 0.542. The molecule has 2 aliphatic heterocycles. The lowest BCUT2D eigenvalue weighted by atomic mass is 10.0. The van der Waals surface area contributed by atoms with E-state index < -0.39 is 12.1 Å². The van der Waals surface area contributed by atoms with Gasteiger partial charge in [0.05, 0.1) is 0 Å². The normalized spacial score (nSPS) is 25.2. The van der Waals surface area contributed by atoms with Crippen molar-refractivity contribution in [1.82, 2.24) is 9.80 Å². The average molecular weight is 242 g/mol. The summed E-state index contributed by atoms with van der Waals surface area (Å²) >= 11 is 0. The van der Waals surface area contributed by atoms with Crippen molar-refractivity contribution in [3.63, 3.8) is 0 Å². The van der Waals surface area contributed by atoms with Gasteiger partial charge in [0, 0.05) is 44.8 Å². The second-order valence-corrected chi connectivity index (χ2v) is 4.82. The Balaban J connectivity index is 1.63. The van der Waals surface area contributed by atoms with E-state index in [-0.39, 0.29) is 0 Å². The Morgan fingerprint density at radius 2 is 2.00 bits per heavy atom. The topological polar surface area (TPSA) is 43.8 Å². The summed E-state index contributed by atoms with van der Waals surface area (Å²) < 4.78 is 13.0. The fourth-order valence-electron chi connectivity index (χ4n) is 2.46. The molecule has 0 amide bonds. The van der Waals surface area contributed by atoms with Crippen LogP contribution in [0, 0.1) is 0 Å². The Bertz CT molecular complexity index is 295. The van der Waals surface area contributed by atoms with Crippen LogP contribution in [0.5, 0.6) is 0 Å². The van der Waals surface area contributed by atoms with E-state index in [1.807, 2.05) is 0 Å². The maximum absolute atomic E-state index is 13.0. The summed E-state index contributed by atoms with van der Waals surface area (Å²) in [4.78, 5) is 14.8. The Morgan fingerprint density at radius 1 is 1.35 bits per heavy atom. The van der Waals surface area contributed by atoms with Gasteiger partial charge in [-0.25, -0.2) is 9.18 Å². The summed E-state index contributed by atoms with van der Waals surface area (Å²) in [5.41, 5.74) is 0. The number of carboxylic acids is 1. The van der Waals surface area contributed by atoms with Crippen molar-refractivity contribution in [2.45, 2.75) is 25.1 Å². The molecule has 17 heavy (non-hydrogen) atoms. The van der Waals surface area contributed by atoms with Gasteiger partial charge in [-0.2, -0.15) is 0 Å². The van der Waals surface area contributed by atoms with Crippen LogP contribution in [0.3, 0.4) is 0 Å². The number of halogens is 1. The van der Waals surface area contributed by atoms with Crippen LogP contribution in [0.4, 0.5) is 4.39 Å². The van der Waals surface area contributed by atoms with Crippen molar-refractivity contribution in [2.24, 2.45) is 0 Å². The number of piperidine rings is 1. The molecule has 96 valence electrons. The second-order valence-electron chi connectivity index (χ2n) is 4.82. The third-order valence-electron chi connectivity index (χ3n) is 3.54. The van der Waals surface area contributed by atoms with E-state index in [1.54, 1.807) is 6.08 Å². The Hall–Kier alpha value is -0.940. The zero-order chi connectivity index (χ0) is 12.3. The van der Waals surface area contributed by atoms with Crippen LogP contribution in [0.25, 0.3) is 0 Å². The molecule has 0 aliphatic carbocycles. The van der Waals surface area contributed by atoms with Crippen LogP contribution in [0.15, 0.2) is 12.2 Å². The molecule has 2 fully saturated rings. The summed E-state index contributed by atoms with van der Waals surface area (Å²) in [6.07, 6.45) is 3.57. The zero-order valence-electron chi connectivity index (χ0n) is 9.89. The third kappa shape index (κ3) is 3.51. The first kappa shape index (κ1) is 12.5. The van der Waals surface area contributed by atoms with Gasteiger partial charge in [-0.05, 0) is 12.8 Å². The smallest absolute Gasteiger partial charge is 0.328 e. The van der Waals surface area contributed by atoms with E-state index in [9.17, 15) is 9.18 Å². The molecule has 0 spiro atoms. The largest absolute Gasteiger partial charge is 0.478 e. The number of carbonyl (C=O) groups is 1. The molecule has 5 heteroatoms. The number of rotatable bonds is 4. The summed E-state index contributed by atoms with van der Waals surface area (Å²) in [5, 5.41) is 8.45. The molecule has 0 radical (unpaired) electrons. The molecule has 2 aliphatic rings. The van der Waals surface area contributed by atoms with Crippen LogP contribution in [0.1, 0.15) is 12.8 Å². The molecule has 0 unspecified atom stereocenters. The van der Waals surface area contributed by atoms with Gasteiger partial charge in [-0.15, -0.1) is 0 Å². The lowest BCUT2D eigenvalue weighted by Crippen LogP contribution is -2.60. The van der Waals surface area contributed by atoms with Gasteiger partial charge in [0.25, 0.3) is 0 Å². The van der Waals surface area contributed by atoms with Gasteiger partial charge in [0.1, 0.15) is 6.17 Å². The number of hydrogen-bond acceptors (Lipinski definition) is 3. The monoisotopic (exact) mass is 242 g/mol. The highest BCUT2D eigenvalue weighted by Crippen LogP contribution is 2.21. The van der Waals surface area contributed by atoms with Gasteiger partial charge in [-0.3, -0.25) is 9.80 Å². The molecule has 2 heterocycles. The van der Waals surface area contributed by atoms with Crippen LogP contribution < -0.4 is 0 Å². The SMILES string of the molecule is O=C(O)/C=C/CN1CC(N2CCC(F)CC2)C1. The molecule has 2 rings (SSSR count). The van der Waals surface area contributed by atoms with Crippen molar-refractivity contribution < 1.29 is 14.3 Å². The van der Waals surface area contributed by atoms with Gasteiger partial charge in [0.15, 0.2) is 0 Å². The average Bonchev–Trinajstić information content (AvgIpc) is 2.23. The van der Waals surface area contributed by atoms with E-state index in [1.165, 1.54) is 6.08 Å². The van der Waals surface area contributed by atoms with Crippen molar-refractivity contribution in [1.29, 1.82) is 0 Å². The first-order chi connectivity index (χ1) is 8.15. The zero-order valence-corrected chi connectivity index (χ0v) is 9.89. The first-order valence-electron chi connectivity index (χ1n) is 6.15. The molecule has 0 aromatic heterocycles. The van der Waals surface area contributed by atoms with Crippen molar-refractivity contribution in [3.05, 3.63) is 12.2 Å². The van der Waals surface area contributed by atoms with E-state index in [0.29, 0.717) is 25.4 Å². The molecule has 4 nitrogen and oxygen atoms in total. The third-order valence-corrected chi connectivity index (χ3v) is 3.54. The minimum absolute atomic E-state index is 0.542. The first-order valence-corrected chi connectivity index (χ1v) is 6.15. The number of carboxylic acid groups (broad SMARTS) is 1.